The largest absolute Gasteiger partial charge is 0.481 e. The van der Waals surface area contributed by atoms with Crippen LogP contribution < -0.4 is 0 Å². The summed E-state index contributed by atoms with van der Waals surface area (Å²) in [5.74, 6) is -1.49. The Labute approximate surface area is 92.1 Å². The van der Waals surface area contributed by atoms with Crippen molar-refractivity contribution in [2.45, 2.75) is 24.7 Å². The average molecular weight is 219 g/mol. The van der Waals surface area contributed by atoms with E-state index in [0.29, 0.717) is 18.4 Å². The van der Waals surface area contributed by atoms with Crippen LogP contribution in [0.3, 0.4) is 0 Å². The highest BCUT2D eigenvalue weighted by Gasteiger charge is 2.46. The van der Waals surface area contributed by atoms with Crippen LogP contribution in [0.5, 0.6) is 0 Å². The topological polar surface area (TPSA) is 61.1 Å². The van der Waals surface area contributed by atoms with Crippen LogP contribution in [0, 0.1) is 17.1 Å². The smallest absolute Gasteiger partial charge is 0.314 e. The zero-order chi connectivity index (χ0) is 11.8. The third kappa shape index (κ3) is 1.45. The van der Waals surface area contributed by atoms with E-state index in [2.05, 4.69) is 0 Å². The number of benzene rings is 1. The summed E-state index contributed by atoms with van der Waals surface area (Å²) in [6, 6.07) is 5.63. The molecule has 82 valence electrons. The van der Waals surface area contributed by atoms with E-state index in [9.17, 15) is 14.3 Å². The molecule has 0 saturated heterocycles. The first-order valence-electron chi connectivity index (χ1n) is 5.03. The number of aliphatic carboxylic acids is 1. The van der Waals surface area contributed by atoms with Gasteiger partial charge in [-0.3, -0.25) is 4.79 Å². The van der Waals surface area contributed by atoms with Gasteiger partial charge in [-0.05, 0) is 36.6 Å². The van der Waals surface area contributed by atoms with Crippen LogP contribution in [0.1, 0.15) is 30.4 Å². The molecule has 0 bridgehead atoms. The third-order valence-electron chi connectivity index (χ3n) is 3.20. The van der Waals surface area contributed by atoms with Crippen molar-refractivity contribution in [2.24, 2.45) is 0 Å². The van der Waals surface area contributed by atoms with E-state index < -0.39 is 17.2 Å². The van der Waals surface area contributed by atoms with Crippen molar-refractivity contribution in [3.63, 3.8) is 0 Å². The Morgan fingerprint density at radius 3 is 2.56 bits per heavy atom. The Hall–Kier alpha value is -1.89. The van der Waals surface area contributed by atoms with E-state index in [0.717, 1.165) is 12.5 Å². The fourth-order valence-electron chi connectivity index (χ4n) is 2.09. The van der Waals surface area contributed by atoms with E-state index in [1.807, 2.05) is 6.07 Å². The van der Waals surface area contributed by atoms with Crippen LogP contribution in [-0.4, -0.2) is 11.1 Å². The molecule has 0 radical (unpaired) electrons. The lowest BCUT2D eigenvalue weighted by molar-refractivity contribution is -0.147. The number of carboxylic acid groups (broad SMARTS) is 1. The van der Waals surface area contributed by atoms with Gasteiger partial charge in [-0.2, -0.15) is 5.26 Å². The van der Waals surface area contributed by atoms with Crippen LogP contribution in [0.4, 0.5) is 4.39 Å². The third-order valence-corrected chi connectivity index (χ3v) is 3.20. The van der Waals surface area contributed by atoms with Crippen molar-refractivity contribution in [1.82, 2.24) is 0 Å². The number of nitrogens with zero attached hydrogens (tertiary/aromatic N) is 1. The minimum absolute atomic E-state index is 0.169. The van der Waals surface area contributed by atoms with Crippen molar-refractivity contribution in [3.8, 4) is 6.07 Å². The van der Waals surface area contributed by atoms with Gasteiger partial charge in [0.2, 0.25) is 0 Å². The minimum Gasteiger partial charge on any atom is -0.481 e. The lowest BCUT2D eigenvalue weighted by atomic mass is 9.64. The van der Waals surface area contributed by atoms with Gasteiger partial charge >= 0.3 is 5.97 Å². The average Bonchev–Trinajstić information content (AvgIpc) is 2.14. The fourth-order valence-corrected chi connectivity index (χ4v) is 2.09. The zero-order valence-electron chi connectivity index (χ0n) is 8.53. The molecule has 1 aliphatic rings. The van der Waals surface area contributed by atoms with Gasteiger partial charge in [0.15, 0.2) is 0 Å². The van der Waals surface area contributed by atoms with E-state index in [-0.39, 0.29) is 5.56 Å². The highest BCUT2D eigenvalue weighted by Crippen LogP contribution is 2.44. The molecule has 0 atom stereocenters. The molecular weight excluding hydrogens is 209 g/mol. The predicted molar refractivity (Wildman–Crippen MR) is 54.3 cm³/mol. The van der Waals surface area contributed by atoms with Gasteiger partial charge in [0.1, 0.15) is 5.82 Å². The first-order chi connectivity index (χ1) is 7.58. The van der Waals surface area contributed by atoms with E-state index in [4.69, 9.17) is 5.26 Å². The number of carbonyl (C=O) groups is 1. The summed E-state index contributed by atoms with van der Waals surface area (Å²) >= 11 is 0. The lowest BCUT2D eigenvalue weighted by Crippen LogP contribution is -2.42. The standard InChI is InChI=1S/C12H10FNO2/c13-10-5-8(7-14)4-9(6-10)12(11(15)16)2-1-3-12/h4-6H,1-3H2,(H,15,16). The highest BCUT2D eigenvalue weighted by molar-refractivity contribution is 5.82. The Balaban J connectivity index is 2.51. The van der Waals surface area contributed by atoms with Gasteiger partial charge in [-0.1, -0.05) is 6.42 Å². The molecule has 1 aromatic rings. The summed E-state index contributed by atoms with van der Waals surface area (Å²) in [7, 11) is 0. The fraction of sp³-hybridized carbons (Fsp3) is 0.333. The van der Waals surface area contributed by atoms with Gasteiger partial charge in [0.25, 0.3) is 0 Å². The maximum absolute atomic E-state index is 13.2. The Morgan fingerprint density at radius 2 is 2.12 bits per heavy atom. The van der Waals surface area contributed by atoms with Crippen LogP contribution in [0.2, 0.25) is 0 Å². The summed E-state index contributed by atoms with van der Waals surface area (Å²) in [5, 5.41) is 17.9. The lowest BCUT2D eigenvalue weighted by Gasteiger charge is -2.38. The monoisotopic (exact) mass is 219 g/mol. The molecule has 1 saturated carbocycles. The Morgan fingerprint density at radius 1 is 1.44 bits per heavy atom. The van der Waals surface area contributed by atoms with Crippen molar-refractivity contribution >= 4 is 5.97 Å². The molecule has 1 N–H and O–H groups in total. The molecule has 16 heavy (non-hydrogen) atoms. The normalized spacial score (nSPS) is 17.2. The van der Waals surface area contributed by atoms with Gasteiger partial charge < -0.3 is 5.11 Å². The van der Waals surface area contributed by atoms with Gasteiger partial charge in [-0.15, -0.1) is 0 Å². The molecule has 3 nitrogen and oxygen atoms in total. The summed E-state index contributed by atoms with van der Waals surface area (Å²) in [5.41, 5.74) is -0.404. The van der Waals surface area contributed by atoms with Crippen LogP contribution in [0.15, 0.2) is 18.2 Å². The molecule has 0 amide bonds. The van der Waals surface area contributed by atoms with E-state index in [1.54, 1.807) is 0 Å². The van der Waals surface area contributed by atoms with Crippen molar-refractivity contribution in [2.75, 3.05) is 0 Å². The molecule has 1 fully saturated rings. The summed E-state index contributed by atoms with van der Waals surface area (Å²) in [6.07, 6.45) is 1.85. The molecular formula is C12H10FNO2. The zero-order valence-corrected chi connectivity index (χ0v) is 8.53. The number of halogens is 1. The van der Waals surface area contributed by atoms with Crippen molar-refractivity contribution in [3.05, 3.63) is 35.1 Å². The second-order valence-electron chi connectivity index (χ2n) is 4.08. The minimum atomic E-state index is -0.978. The van der Waals surface area contributed by atoms with Crippen LogP contribution >= 0.6 is 0 Å². The van der Waals surface area contributed by atoms with Crippen LogP contribution in [-0.2, 0) is 10.2 Å². The molecule has 1 aromatic carbocycles. The number of carboxylic acids is 1. The molecule has 1 aliphatic carbocycles. The molecule has 0 aliphatic heterocycles. The molecule has 0 spiro atoms. The molecule has 0 unspecified atom stereocenters. The maximum Gasteiger partial charge on any atom is 0.314 e. The summed E-state index contributed by atoms with van der Waals surface area (Å²) in [6.45, 7) is 0. The number of rotatable bonds is 2. The first-order valence-corrected chi connectivity index (χ1v) is 5.03. The Bertz CT molecular complexity index is 486. The molecule has 4 heteroatoms. The van der Waals surface area contributed by atoms with E-state index in [1.165, 1.54) is 12.1 Å². The van der Waals surface area contributed by atoms with Crippen molar-refractivity contribution in [1.29, 1.82) is 5.26 Å². The van der Waals surface area contributed by atoms with E-state index >= 15 is 0 Å². The quantitative estimate of drug-likeness (QED) is 0.829. The van der Waals surface area contributed by atoms with Gasteiger partial charge in [0.05, 0.1) is 17.0 Å². The number of nitriles is 1. The number of hydrogen-bond donors (Lipinski definition) is 1. The predicted octanol–water partition coefficient (Wildman–Crippen LogP) is 2.20. The highest BCUT2D eigenvalue weighted by atomic mass is 19.1. The first kappa shape index (κ1) is 10.6. The maximum atomic E-state index is 13.2. The molecule has 2 rings (SSSR count). The van der Waals surface area contributed by atoms with Crippen LogP contribution in [0.25, 0.3) is 0 Å². The second kappa shape index (κ2) is 3.60. The molecule has 0 aromatic heterocycles. The Kier molecular flexibility index (Phi) is 2.39. The van der Waals surface area contributed by atoms with Gasteiger partial charge in [0, 0.05) is 0 Å². The molecule has 0 heterocycles. The second-order valence-corrected chi connectivity index (χ2v) is 4.08. The summed E-state index contributed by atoms with van der Waals surface area (Å²) in [4.78, 5) is 11.2. The van der Waals surface area contributed by atoms with Gasteiger partial charge in [-0.25, -0.2) is 4.39 Å². The van der Waals surface area contributed by atoms with Crippen molar-refractivity contribution < 1.29 is 14.3 Å². The SMILES string of the molecule is N#Cc1cc(F)cc(C2(C(=O)O)CCC2)c1. The number of hydrogen-bond acceptors (Lipinski definition) is 2. The summed E-state index contributed by atoms with van der Waals surface area (Å²) < 4.78 is 13.2.